The fraction of sp³-hybridized carbons (Fsp3) is 0.417. The van der Waals surface area contributed by atoms with Crippen molar-refractivity contribution in [2.45, 2.75) is 33.5 Å². The maximum absolute atomic E-state index is 12.1. The van der Waals surface area contributed by atoms with Gasteiger partial charge in [0.2, 0.25) is 5.69 Å². The Morgan fingerprint density at radius 2 is 2.19 bits per heavy atom. The number of amides is 1. The van der Waals surface area contributed by atoms with Crippen LogP contribution in [0.25, 0.3) is 0 Å². The summed E-state index contributed by atoms with van der Waals surface area (Å²) in [7, 11) is 0. The largest absolute Gasteiger partial charge is 0.345 e. The van der Waals surface area contributed by atoms with Crippen LogP contribution in [0.1, 0.15) is 30.0 Å². The minimum absolute atomic E-state index is 0.176. The number of hydrogen-bond acceptors (Lipinski definition) is 5. The van der Waals surface area contributed by atoms with Gasteiger partial charge in [0.05, 0.1) is 17.2 Å². The minimum Gasteiger partial charge on any atom is -0.345 e. The van der Waals surface area contributed by atoms with Crippen LogP contribution in [0.4, 0.5) is 5.69 Å². The van der Waals surface area contributed by atoms with Crippen LogP contribution in [0.5, 0.6) is 0 Å². The van der Waals surface area contributed by atoms with Crippen molar-refractivity contribution in [1.29, 1.82) is 0 Å². The Hall–Kier alpha value is -2.71. The lowest BCUT2D eigenvalue weighted by atomic mass is 10.3. The third-order valence-electron chi connectivity index (χ3n) is 3.01. The molecule has 1 amide bonds. The Morgan fingerprint density at radius 3 is 2.81 bits per heavy atom. The zero-order valence-corrected chi connectivity index (χ0v) is 11.8. The fourth-order valence-electron chi connectivity index (χ4n) is 1.92. The first kappa shape index (κ1) is 14.7. The van der Waals surface area contributed by atoms with Gasteiger partial charge in [0, 0.05) is 19.3 Å². The van der Waals surface area contributed by atoms with Crippen molar-refractivity contribution in [3.8, 4) is 0 Å². The molecule has 0 saturated carbocycles. The quantitative estimate of drug-likeness (QED) is 0.630. The van der Waals surface area contributed by atoms with E-state index in [0.29, 0.717) is 13.1 Å². The zero-order valence-electron chi connectivity index (χ0n) is 11.8. The standard InChI is InChI=1S/C12H16N6O3/c1-3-16-8-10(18(20)21)11(15-16)12(19)13-7-9-5-6-14-17(9)4-2/h5-6,8H,3-4,7H2,1-2H3,(H,13,19). The molecule has 0 atom stereocenters. The second-order valence-electron chi connectivity index (χ2n) is 4.30. The number of carbonyl (C=O) groups excluding carboxylic acids is 1. The molecule has 0 spiro atoms. The van der Waals surface area contributed by atoms with E-state index in [1.165, 1.54) is 10.9 Å². The predicted octanol–water partition coefficient (Wildman–Crippen LogP) is 0.958. The summed E-state index contributed by atoms with van der Waals surface area (Å²) in [5.41, 5.74) is 0.353. The highest BCUT2D eigenvalue weighted by Crippen LogP contribution is 2.16. The third-order valence-corrected chi connectivity index (χ3v) is 3.01. The highest BCUT2D eigenvalue weighted by Gasteiger charge is 2.25. The first-order valence-electron chi connectivity index (χ1n) is 6.57. The SMILES string of the molecule is CCn1cc([N+](=O)[O-])c(C(=O)NCc2ccnn2CC)n1. The van der Waals surface area contributed by atoms with E-state index in [9.17, 15) is 14.9 Å². The van der Waals surface area contributed by atoms with Crippen LogP contribution in [0.15, 0.2) is 18.5 Å². The van der Waals surface area contributed by atoms with Crippen molar-refractivity contribution in [2.24, 2.45) is 0 Å². The lowest BCUT2D eigenvalue weighted by Crippen LogP contribution is -2.25. The summed E-state index contributed by atoms with van der Waals surface area (Å²) in [6, 6.07) is 1.78. The van der Waals surface area contributed by atoms with E-state index >= 15 is 0 Å². The van der Waals surface area contributed by atoms with Crippen LogP contribution >= 0.6 is 0 Å². The van der Waals surface area contributed by atoms with Gasteiger partial charge in [0.1, 0.15) is 6.20 Å². The number of nitrogens with one attached hydrogen (secondary N) is 1. The zero-order chi connectivity index (χ0) is 15.4. The predicted molar refractivity (Wildman–Crippen MR) is 73.6 cm³/mol. The van der Waals surface area contributed by atoms with Crippen molar-refractivity contribution in [3.05, 3.63) is 40.0 Å². The molecule has 0 unspecified atom stereocenters. The van der Waals surface area contributed by atoms with Crippen LogP contribution in [0, 0.1) is 10.1 Å². The summed E-state index contributed by atoms with van der Waals surface area (Å²) in [5.74, 6) is -0.572. The minimum atomic E-state index is -0.607. The Kier molecular flexibility index (Phi) is 4.31. The Labute approximate surface area is 120 Å². The van der Waals surface area contributed by atoms with Gasteiger partial charge >= 0.3 is 5.69 Å². The van der Waals surface area contributed by atoms with E-state index in [-0.39, 0.29) is 17.9 Å². The number of nitrogens with zero attached hydrogens (tertiary/aromatic N) is 5. The average Bonchev–Trinajstić information content (AvgIpc) is 3.10. The topological polar surface area (TPSA) is 108 Å². The first-order valence-corrected chi connectivity index (χ1v) is 6.57. The number of aryl methyl sites for hydroxylation is 2. The molecule has 1 N–H and O–H groups in total. The normalized spacial score (nSPS) is 10.6. The van der Waals surface area contributed by atoms with E-state index in [1.54, 1.807) is 23.9 Å². The number of rotatable bonds is 6. The Morgan fingerprint density at radius 1 is 1.43 bits per heavy atom. The molecular formula is C12H16N6O3. The van der Waals surface area contributed by atoms with Crippen molar-refractivity contribution in [3.63, 3.8) is 0 Å². The molecule has 2 aromatic rings. The van der Waals surface area contributed by atoms with Crippen LogP contribution in [-0.2, 0) is 19.6 Å². The number of hydrogen-bond donors (Lipinski definition) is 1. The smallest absolute Gasteiger partial charge is 0.320 e. The monoisotopic (exact) mass is 292 g/mol. The van der Waals surface area contributed by atoms with Crippen LogP contribution in [0.2, 0.25) is 0 Å². The molecule has 0 aliphatic carbocycles. The summed E-state index contributed by atoms with van der Waals surface area (Å²) in [6.07, 6.45) is 2.89. The highest BCUT2D eigenvalue weighted by molar-refractivity contribution is 5.95. The summed E-state index contributed by atoms with van der Waals surface area (Å²) in [5, 5.41) is 21.6. The average molecular weight is 292 g/mol. The van der Waals surface area contributed by atoms with Crippen molar-refractivity contribution >= 4 is 11.6 Å². The molecule has 0 bridgehead atoms. The molecular weight excluding hydrogens is 276 g/mol. The molecule has 0 aliphatic rings. The summed E-state index contributed by atoms with van der Waals surface area (Å²) < 4.78 is 3.10. The van der Waals surface area contributed by atoms with Gasteiger partial charge in [-0.05, 0) is 19.9 Å². The van der Waals surface area contributed by atoms with E-state index in [4.69, 9.17) is 0 Å². The van der Waals surface area contributed by atoms with Gasteiger partial charge in [-0.3, -0.25) is 24.3 Å². The molecule has 21 heavy (non-hydrogen) atoms. The fourth-order valence-corrected chi connectivity index (χ4v) is 1.92. The molecule has 2 aromatic heterocycles. The van der Waals surface area contributed by atoms with Gasteiger partial charge < -0.3 is 5.32 Å². The van der Waals surface area contributed by atoms with Gasteiger partial charge in [-0.1, -0.05) is 0 Å². The van der Waals surface area contributed by atoms with E-state index < -0.39 is 10.8 Å². The van der Waals surface area contributed by atoms with Crippen LogP contribution in [0.3, 0.4) is 0 Å². The number of nitro groups is 1. The molecule has 0 fully saturated rings. The molecule has 9 heteroatoms. The second-order valence-corrected chi connectivity index (χ2v) is 4.30. The summed E-state index contributed by atoms with van der Waals surface area (Å²) in [6.45, 7) is 5.10. The molecule has 0 radical (unpaired) electrons. The van der Waals surface area contributed by atoms with E-state index in [1.807, 2.05) is 6.92 Å². The molecule has 2 heterocycles. The molecule has 2 rings (SSSR count). The van der Waals surface area contributed by atoms with Gasteiger partial charge in [-0.2, -0.15) is 10.2 Å². The number of carbonyl (C=O) groups is 1. The first-order chi connectivity index (χ1) is 10.1. The van der Waals surface area contributed by atoms with Gasteiger partial charge in [0.15, 0.2) is 0 Å². The summed E-state index contributed by atoms with van der Waals surface area (Å²) in [4.78, 5) is 22.4. The Bertz CT molecular complexity index is 660. The van der Waals surface area contributed by atoms with Crippen LogP contribution < -0.4 is 5.32 Å². The lowest BCUT2D eigenvalue weighted by Gasteiger charge is -2.05. The van der Waals surface area contributed by atoms with E-state index in [0.717, 1.165) is 5.69 Å². The highest BCUT2D eigenvalue weighted by atomic mass is 16.6. The van der Waals surface area contributed by atoms with Gasteiger partial charge in [0.25, 0.3) is 5.91 Å². The third kappa shape index (κ3) is 3.07. The summed E-state index contributed by atoms with van der Waals surface area (Å²) >= 11 is 0. The van der Waals surface area contributed by atoms with Gasteiger partial charge in [-0.25, -0.2) is 0 Å². The second kappa shape index (κ2) is 6.16. The number of aromatic nitrogens is 4. The van der Waals surface area contributed by atoms with Gasteiger partial charge in [-0.15, -0.1) is 0 Å². The molecule has 112 valence electrons. The van der Waals surface area contributed by atoms with Crippen molar-refractivity contribution in [1.82, 2.24) is 24.9 Å². The molecule has 9 nitrogen and oxygen atoms in total. The molecule has 0 aliphatic heterocycles. The molecule has 0 saturated heterocycles. The van der Waals surface area contributed by atoms with Crippen LogP contribution in [-0.4, -0.2) is 30.4 Å². The van der Waals surface area contributed by atoms with E-state index in [2.05, 4.69) is 15.5 Å². The maximum atomic E-state index is 12.1. The lowest BCUT2D eigenvalue weighted by molar-refractivity contribution is -0.385. The molecule has 0 aromatic carbocycles. The maximum Gasteiger partial charge on any atom is 0.320 e. The van der Waals surface area contributed by atoms with Crippen molar-refractivity contribution < 1.29 is 9.72 Å². The van der Waals surface area contributed by atoms with Crippen molar-refractivity contribution in [2.75, 3.05) is 0 Å². The Balaban J connectivity index is 2.13.